The van der Waals surface area contributed by atoms with E-state index in [0.717, 1.165) is 11.9 Å². The van der Waals surface area contributed by atoms with E-state index >= 15 is 0 Å². The van der Waals surface area contributed by atoms with Crippen LogP contribution < -0.4 is 5.32 Å². The fraction of sp³-hybridized carbons (Fsp3) is 0.533. The monoisotopic (exact) mass is 275 g/mol. The van der Waals surface area contributed by atoms with E-state index in [-0.39, 0.29) is 5.82 Å². The second kappa shape index (κ2) is 4.45. The Morgan fingerprint density at radius 2 is 2.15 bits per heavy atom. The van der Waals surface area contributed by atoms with Crippen molar-refractivity contribution in [2.24, 2.45) is 5.92 Å². The first-order valence-electron chi connectivity index (χ1n) is 7.25. The third kappa shape index (κ3) is 1.88. The molecular formula is C15H18FN3O. The fourth-order valence-electron chi connectivity index (χ4n) is 3.47. The molecule has 4 nitrogen and oxygen atoms in total. The maximum Gasteiger partial charge on any atom is 0.177 e. The van der Waals surface area contributed by atoms with Crippen LogP contribution in [-0.2, 0) is 0 Å². The van der Waals surface area contributed by atoms with Crippen LogP contribution >= 0.6 is 0 Å². The first-order chi connectivity index (χ1) is 9.70. The molecule has 2 bridgehead atoms. The van der Waals surface area contributed by atoms with Crippen molar-refractivity contribution < 1.29 is 8.91 Å². The number of hydrogen-bond donors (Lipinski definition) is 1. The SMILES string of the molecule is Cc1cc2onc(N[C@@H]3CN4CCC3CC4)c2cc1F. The molecular weight excluding hydrogens is 257 g/mol. The molecule has 1 aromatic heterocycles. The minimum absolute atomic E-state index is 0.210. The Morgan fingerprint density at radius 1 is 1.35 bits per heavy atom. The molecule has 3 aliphatic rings. The highest BCUT2D eigenvalue weighted by atomic mass is 19.1. The van der Waals surface area contributed by atoms with Crippen molar-refractivity contribution in [1.82, 2.24) is 10.1 Å². The van der Waals surface area contributed by atoms with Crippen LogP contribution in [0.5, 0.6) is 0 Å². The number of anilines is 1. The van der Waals surface area contributed by atoms with E-state index < -0.39 is 0 Å². The predicted octanol–water partition coefficient (Wildman–Crippen LogP) is 2.78. The summed E-state index contributed by atoms with van der Waals surface area (Å²) in [5.74, 6) is 1.16. The highest BCUT2D eigenvalue weighted by Gasteiger charge is 2.34. The number of halogens is 1. The zero-order valence-corrected chi connectivity index (χ0v) is 11.5. The molecule has 5 heteroatoms. The molecule has 1 N–H and O–H groups in total. The third-order valence-electron chi connectivity index (χ3n) is 4.73. The van der Waals surface area contributed by atoms with E-state index in [1.165, 1.54) is 32.0 Å². The number of aromatic nitrogens is 1. The smallest absolute Gasteiger partial charge is 0.177 e. The molecule has 0 spiro atoms. The lowest BCUT2D eigenvalue weighted by Gasteiger charge is -2.44. The maximum absolute atomic E-state index is 13.7. The van der Waals surface area contributed by atoms with Crippen molar-refractivity contribution in [2.45, 2.75) is 25.8 Å². The Morgan fingerprint density at radius 3 is 2.85 bits per heavy atom. The third-order valence-corrected chi connectivity index (χ3v) is 4.73. The van der Waals surface area contributed by atoms with Crippen molar-refractivity contribution in [1.29, 1.82) is 0 Å². The van der Waals surface area contributed by atoms with Crippen LogP contribution in [0.15, 0.2) is 16.7 Å². The van der Waals surface area contributed by atoms with E-state index in [1.807, 2.05) is 0 Å². The summed E-state index contributed by atoms with van der Waals surface area (Å²) in [6, 6.07) is 3.62. The Balaban J connectivity index is 1.64. The van der Waals surface area contributed by atoms with E-state index in [2.05, 4.69) is 15.4 Å². The molecule has 3 aliphatic heterocycles. The van der Waals surface area contributed by atoms with E-state index in [1.54, 1.807) is 13.0 Å². The summed E-state index contributed by atoms with van der Waals surface area (Å²) >= 11 is 0. The van der Waals surface area contributed by atoms with Crippen LogP contribution in [-0.4, -0.2) is 35.7 Å². The predicted molar refractivity (Wildman–Crippen MR) is 75.3 cm³/mol. The topological polar surface area (TPSA) is 41.3 Å². The first-order valence-corrected chi connectivity index (χ1v) is 7.25. The summed E-state index contributed by atoms with van der Waals surface area (Å²) in [5.41, 5.74) is 1.23. The highest BCUT2D eigenvalue weighted by molar-refractivity contribution is 5.88. The van der Waals surface area contributed by atoms with Gasteiger partial charge in [-0.15, -0.1) is 0 Å². The van der Waals surface area contributed by atoms with Gasteiger partial charge >= 0.3 is 0 Å². The molecule has 106 valence electrons. The minimum atomic E-state index is -0.210. The van der Waals surface area contributed by atoms with Gasteiger partial charge < -0.3 is 14.7 Å². The van der Waals surface area contributed by atoms with Crippen LogP contribution in [0.2, 0.25) is 0 Å². The maximum atomic E-state index is 13.7. The van der Waals surface area contributed by atoms with Crippen molar-refractivity contribution >= 4 is 16.8 Å². The van der Waals surface area contributed by atoms with Gasteiger partial charge in [0.25, 0.3) is 0 Å². The van der Waals surface area contributed by atoms with Gasteiger partial charge in [-0.25, -0.2) is 4.39 Å². The van der Waals surface area contributed by atoms with Gasteiger partial charge in [0.15, 0.2) is 11.4 Å². The van der Waals surface area contributed by atoms with Gasteiger partial charge in [0, 0.05) is 12.6 Å². The lowest BCUT2D eigenvalue weighted by Crippen LogP contribution is -2.53. The van der Waals surface area contributed by atoms with Gasteiger partial charge in [0.1, 0.15) is 5.82 Å². The summed E-state index contributed by atoms with van der Waals surface area (Å²) in [6.07, 6.45) is 2.47. The lowest BCUT2D eigenvalue weighted by molar-refractivity contribution is 0.0973. The first kappa shape index (κ1) is 12.1. The van der Waals surface area contributed by atoms with Crippen LogP contribution in [0.25, 0.3) is 11.0 Å². The van der Waals surface area contributed by atoms with Crippen molar-refractivity contribution in [3.05, 3.63) is 23.5 Å². The number of rotatable bonds is 2. The average Bonchev–Trinajstić information content (AvgIpc) is 2.83. The second-order valence-electron chi connectivity index (χ2n) is 6.02. The van der Waals surface area contributed by atoms with Crippen molar-refractivity contribution in [3.8, 4) is 0 Å². The van der Waals surface area contributed by atoms with E-state index in [0.29, 0.717) is 28.9 Å². The van der Waals surface area contributed by atoms with Crippen LogP contribution in [0.3, 0.4) is 0 Å². The normalized spacial score (nSPS) is 29.0. The molecule has 3 saturated heterocycles. The summed E-state index contributed by atoms with van der Waals surface area (Å²) in [6.45, 7) is 5.19. The Labute approximate surface area is 116 Å². The fourth-order valence-corrected chi connectivity index (χ4v) is 3.47. The minimum Gasteiger partial charge on any atom is -0.362 e. The summed E-state index contributed by atoms with van der Waals surface area (Å²) in [7, 11) is 0. The quantitative estimate of drug-likeness (QED) is 0.915. The van der Waals surface area contributed by atoms with Gasteiger partial charge in [0.05, 0.1) is 5.39 Å². The number of nitrogens with zero attached hydrogens (tertiary/aromatic N) is 2. The van der Waals surface area contributed by atoms with E-state index in [4.69, 9.17) is 4.52 Å². The number of nitrogens with one attached hydrogen (secondary N) is 1. The molecule has 1 aromatic carbocycles. The van der Waals surface area contributed by atoms with Crippen molar-refractivity contribution in [3.63, 3.8) is 0 Å². The lowest BCUT2D eigenvalue weighted by atomic mass is 9.84. The summed E-state index contributed by atoms with van der Waals surface area (Å²) < 4.78 is 19.0. The molecule has 0 unspecified atom stereocenters. The number of aryl methyl sites for hydroxylation is 1. The van der Waals surface area contributed by atoms with Crippen LogP contribution in [0.1, 0.15) is 18.4 Å². The molecule has 0 radical (unpaired) electrons. The van der Waals surface area contributed by atoms with Gasteiger partial charge in [0.2, 0.25) is 0 Å². The Kier molecular flexibility index (Phi) is 2.70. The van der Waals surface area contributed by atoms with Crippen LogP contribution in [0, 0.1) is 18.7 Å². The van der Waals surface area contributed by atoms with Gasteiger partial charge in [-0.1, -0.05) is 5.16 Å². The molecule has 20 heavy (non-hydrogen) atoms. The molecule has 5 rings (SSSR count). The molecule has 0 amide bonds. The summed E-state index contributed by atoms with van der Waals surface area (Å²) in [4.78, 5) is 2.48. The zero-order chi connectivity index (χ0) is 13.7. The number of hydrogen-bond acceptors (Lipinski definition) is 4. The number of piperidine rings is 3. The molecule has 4 heterocycles. The average molecular weight is 275 g/mol. The molecule has 1 atom stereocenters. The highest BCUT2D eigenvalue weighted by Crippen LogP contribution is 2.32. The standard InChI is InChI=1S/C15H18FN3O/c1-9-6-14-11(7-12(9)16)15(18-20-14)17-13-8-19-4-2-10(13)3-5-19/h6-7,10,13H,2-5,8H2,1H3,(H,17,18)/t13-/m1/s1. The Hall–Kier alpha value is -1.62. The second-order valence-corrected chi connectivity index (χ2v) is 6.02. The van der Waals surface area contributed by atoms with Crippen LogP contribution in [0.4, 0.5) is 10.2 Å². The van der Waals surface area contributed by atoms with Gasteiger partial charge in [-0.2, -0.15) is 0 Å². The zero-order valence-electron chi connectivity index (χ0n) is 11.5. The Bertz CT molecular complexity index is 646. The van der Waals surface area contributed by atoms with Gasteiger partial charge in [-0.3, -0.25) is 0 Å². The van der Waals surface area contributed by atoms with Crippen molar-refractivity contribution in [2.75, 3.05) is 25.0 Å². The molecule has 0 aliphatic carbocycles. The molecule has 0 saturated carbocycles. The molecule has 2 aromatic rings. The largest absolute Gasteiger partial charge is 0.362 e. The molecule has 3 fully saturated rings. The number of fused-ring (bicyclic) bond motifs is 4. The van der Waals surface area contributed by atoms with E-state index in [9.17, 15) is 4.39 Å². The number of benzene rings is 1. The summed E-state index contributed by atoms with van der Waals surface area (Å²) in [5, 5.41) is 8.29. The van der Waals surface area contributed by atoms with Gasteiger partial charge in [-0.05, 0) is 56.5 Å².